The summed E-state index contributed by atoms with van der Waals surface area (Å²) < 4.78 is 7.05. The fraction of sp³-hybridized carbons (Fsp3) is 0.188. The zero-order valence-corrected chi connectivity index (χ0v) is 13.9. The molecule has 0 bridgehead atoms. The molecule has 1 aromatic carbocycles. The smallest absolute Gasteiger partial charge is 0.239 e. The molecule has 0 fully saturated rings. The van der Waals surface area contributed by atoms with Gasteiger partial charge in [0.2, 0.25) is 5.89 Å². The number of hydrogen-bond donors (Lipinski definition) is 0. The lowest BCUT2D eigenvalue weighted by atomic mass is 10.3. The first-order chi connectivity index (χ1) is 11.7. The van der Waals surface area contributed by atoms with E-state index in [0.717, 1.165) is 21.7 Å². The van der Waals surface area contributed by atoms with E-state index in [4.69, 9.17) is 4.52 Å². The Morgan fingerprint density at radius 1 is 1.17 bits per heavy atom. The third-order valence-corrected chi connectivity index (χ3v) is 4.61. The molecule has 0 aliphatic heterocycles. The summed E-state index contributed by atoms with van der Waals surface area (Å²) in [6.45, 7) is 3.81. The average Bonchev–Trinajstić information content (AvgIpc) is 3.22. The minimum absolute atomic E-state index is 0.00984. The van der Waals surface area contributed by atoms with Crippen molar-refractivity contribution in [1.82, 2.24) is 29.9 Å². The van der Waals surface area contributed by atoms with Crippen molar-refractivity contribution in [3.05, 3.63) is 54.6 Å². The normalized spacial score (nSPS) is 12.6. The van der Waals surface area contributed by atoms with Crippen LogP contribution in [-0.4, -0.2) is 29.9 Å². The van der Waals surface area contributed by atoms with Crippen molar-refractivity contribution in [1.29, 1.82) is 0 Å². The van der Waals surface area contributed by atoms with Gasteiger partial charge in [0, 0.05) is 0 Å². The second-order valence-electron chi connectivity index (χ2n) is 5.25. The van der Waals surface area contributed by atoms with Crippen LogP contribution in [0.2, 0.25) is 0 Å². The van der Waals surface area contributed by atoms with Crippen LogP contribution in [0.25, 0.3) is 16.7 Å². The van der Waals surface area contributed by atoms with E-state index in [-0.39, 0.29) is 5.25 Å². The van der Waals surface area contributed by atoms with Crippen molar-refractivity contribution in [3.8, 4) is 5.69 Å². The first kappa shape index (κ1) is 14.8. The molecule has 8 heteroatoms. The molecular weight excluding hydrogens is 324 g/mol. The highest BCUT2D eigenvalue weighted by atomic mass is 32.2. The van der Waals surface area contributed by atoms with Gasteiger partial charge in [-0.25, -0.2) is 14.6 Å². The SMILES string of the molecule is Cc1noc(C(C)Sc2ncnc3c2cnn3-c2ccccc2)n1. The topological polar surface area (TPSA) is 82.5 Å². The maximum atomic E-state index is 5.24. The van der Waals surface area contributed by atoms with E-state index in [9.17, 15) is 0 Å². The highest BCUT2D eigenvalue weighted by molar-refractivity contribution is 7.99. The van der Waals surface area contributed by atoms with Crippen LogP contribution in [0.4, 0.5) is 0 Å². The van der Waals surface area contributed by atoms with Crippen LogP contribution >= 0.6 is 11.8 Å². The van der Waals surface area contributed by atoms with E-state index in [0.29, 0.717) is 11.7 Å². The molecule has 0 N–H and O–H groups in total. The van der Waals surface area contributed by atoms with Gasteiger partial charge >= 0.3 is 0 Å². The Balaban J connectivity index is 1.71. The number of thioether (sulfide) groups is 1. The van der Waals surface area contributed by atoms with Crippen LogP contribution in [0.3, 0.4) is 0 Å². The van der Waals surface area contributed by atoms with Gasteiger partial charge in [-0.15, -0.1) is 0 Å². The molecular formula is C16H14N6OS. The first-order valence-corrected chi connectivity index (χ1v) is 8.31. The summed E-state index contributed by atoms with van der Waals surface area (Å²) >= 11 is 1.55. The van der Waals surface area contributed by atoms with Gasteiger partial charge in [0.1, 0.15) is 11.4 Å². The number of benzene rings is 1. The molecule has 0 aliphatic rings. The lowest BCUT2D eigenvalue weighted by Crippen LogP contribution is -1.98. The molecule has 1 unspecified atom stereocenters. The summed E-state index contributed by atoms with van der Waals surface area (Å²) in [5.41, 5.74) is 1.73. The monoisotopic (exact) mass is 338 g/mol. The lowest BCUT2D eigenvalue weighted by molar-refractivity contribution is 0.376. The first-order valence-electron chi connectivity index (χ1n) is 7.43. The molecule has 3 aromatic heterocycles. The molecule has 120 valence electrons. The van der Waals surface area contributed by atoms with Crippen molar-refractivity contribution in [3.63, 3.8) is 0 Å². The lowest BCUT2D eigenvalue weighted by Gasteiger charge is -2.06. The summed E-state index contributed by atoms with van der Waals surface area (Å²) in [4.78, 5) is 13.1. The number of para-hydroxylation sites is 1. The molecule has 0 amide bonds. The Morgan fingerprint density at radius 2 is 2.00 bits per heavy atom. The third kappa shape index (κ3) is 2.65. The largest absolute Gasteiger partial charge is 0.338 e. The number of hydrogen-bond acceptors (Lipinski definition) is 7. The average molecular weight is 338 g/mol. The van der Waals surface area contributed by atoms with Crippen molar-refractivity contribution in [2.24, 2.45) is 0 Å². The quantitative estimate of drug-likeness (QED) is 0.417. The Kier molecular flexibility index (Phi) is 3.73. The number of rotatable bonds is 4. The molecule has 4 aromatic rings. The zero-order valence-electron chi connectivity index (χ0n) is 13.1. The fourth-order valence-corrected chi connectivity index (χ4v) is 3.28. The maximum Gasteiger partial charge on any atom is 0.239 e. The molecule has 0 saturated heterocycles. The van der Waals surface area contributed by atoms with Crippen LogP contribution in [-0.2, 0) is 0 Å². The van der Waals surface area contributed by atoms with Crippen LogP contribution in [0.5, 0.6) is 0 Å². The molecule has 0 radical (unpaired) electrons. The number of fused-ring (bicyclic) bond motifs is 1. The molecule has 1 atom stereocenters. The summed E-state index contributed by atoms with van der Waals surface area (Å²) in [6, 6.07) is 9.90. The molecule has 3 heterocycles. The second-order valence-corrected chi connectivity index (χ2v) is 6.58. The molecule has 7 nitrogen and oxygen atoms in total. The van der Waals surface area contributed by atoms with Crippen molar-refractivity contribution < 1.29 is 4.52 Å². The molecule has 24 heavy (non-hydrogen) atoms. The van der Waals surface area contributed by atoms with Gasteiger partial charge in [-0.05, 0) is 26.0 Å². The number of nitrogens with zero attached hydrogens (tertiary/aromatic N) is 6. The predicted molar refractivity (Wildman–Crippen MR) is 90.0 cm³/mol. The van der Waals surface area contributed by atoms with E-state index in [1.807, 2.05) is 41.9 Å². The van der Waals surface area contributed by atoms with Crippen LogP contribution < -0.4 is 0 Å². The van der Waals surface area contributed by atoms with Crippen LogP contribution in [0.1, 0.15) is 23.9 Å². The predicted octanol–water partition coefficient (Wildman–Crippen LogP) is 3.36. The summed E-state index contributed by atoms with van der Waals surface area (Å²) in [7, 11) is 0. The minimum Gasteiger partial charge on any atom is -0.338 e. The van der Waals surface area contributed by atoms with Crippen LogP contribution in [0.15, 0.2) is 52.4 Å². The van der Waals surface area contributed by atoms with Crippen molar-refractivity contribution >= 4 is 22.8 Å². The van der Waals surface area contributed by atoms with E-state index < -0.39 is 0 Å². The van der Waals surface area contributed by atoms with Gasteiger partial charge in [-0.3, -0.25) is 0 Å². The second kappa shape index (κ2) is 6.04. The summed E-state index contributed by atoms with van der Waals surface area (Å²) in [5.74, 6) is 1.21. The number of aromatic nitrogens is 6. The van der Waals surface area contributed by atoms with E-state index in [1.54, 1.807) is 31.2 Å². The van der Waals surface area contributed by atoms with Gasteiger partial charge < -0.3 is 4.52 Å². The van der Waals surface area contributed by atoms with Gasteiger partial charge in [-0.1, -0.05) is 35.1 Å². The van der Waals surface area contributed by atoms with E-state index >= 15 is 0 Å². The molecule has 0 spiro atoms. The van der Waals surface area contributed by atoms with E-state index in [1.165, 1.54) is 0 Å². The maximum absolute atomic E-state index is 5.24. The van der Waals surface area contributed by atoms with Crippen molar-refractivity contribution in [2.45, 2.75) is 24.1 Å². The van der Waals surface area contributed by atoms with Gasteiger partial charge in [-0.2, -0.15) is 10.1 Å². The highest BCUT2D eigenvalue weighted by Crippen LogP contribution is 2.36. The fourth-order valence-electron chi connectivity index (χ4n) is 2.37. The minimum atomic E-state index is -0.00984. The van der Waals surface area contributed by atoms with Crippen LogP contribution in [0, 0.1) is 6.92 Å². The molecule has 4 rings (SSSR count). The Morgan fingerprint density at radius 3 is 2.75 bits per heavy atom. The Bertz CT molecular complexity index is 981. The Labute approximate surface area is 142 Å². The van der Waals surface area contributed by atoms with E-state index in [2.05, 4.69) is 25.2 Å². The molecule has 0 aliphatic carbocycles. The summed E-state index contributed by atoms with van der Waals surface area (Å²) in [5, 5.41) is 10.0. The Hall–Kier alpha value is -2.74. The van der Waals surface area contributed by atoms with Gasteiger partial charge in [0.25, 0.3) is 0 Å². The van der Waals surface area contributed by atoms with Crippen molar-refractivity contribution in [2.75, 3.05) is 0 Å². The summed E-state index contributed by atoms with van der Waals surface area (Å²) in [6.07, 6.45) is 3.34. The van der Waals surface area contributed by atoms with Gasteiger partial charge in [0.15, 0.2) is 11.5 Å². The zero-order chi connectivity index (χ0) is 16.5. The van der Waals surface area contributed by atoms with Gasteiger partial charge in [0.05, 0.1) is 22.5 Å². The third-order valence-electron chi connectivity index (χ3n) is 3.51. The standard InChI is InChI=1S/C16H14N6OS/c1-10(15-20-11(2)21-23-15)24-16-13-8-19-22(14(13)17-9-18-16)12-6-4-3-5-7-12/h3-10H,1-2H3. The highest BCUT2D eigenvalue weighted by Gasteiger charge is 2.18. The number of aryl methyl sites for hydroxylation is 1. The molecule has 0 saturated carbocycles.